The van der Waals surface area contributed by atoms with Crippen molar-refractivity contribution < 1.29 is 19.0 Å². The van der Waals surface area contributed by atoms with Crippen LogP contribution >= 0.6 is 0 Å². The fourth-order valence-corrected chi connectivity index (χ4v) is 3.25. The van der Waals surface area contributed by atoms with Crippen molar-refractivity contribution in [2.45, 2.75) is 18.9 Å². The number of piperidine rings is 1. The monoisotopic (exact) mass is 355 g/mol. The first kappa shape index (κ1) is 16.4. The highest BCUT2D eigenvalue weighted by molar-refractivity contribution is 5.86. The number of fused-ring (bicyclic) bond motifs is 1. The smallest absolute Gasteiger partial charge is 0.407 e. The molecule has 1 aromatic heterocycles. The van der Waals surface area contributed by atoms with Gasteiger partial charge in [-0.2, -0.15) is 0 Å². The topological polar surface area (TPSA) is 67.6 Å². The molecule has 1 aliphatic rings. The summed E-state index contributed by atoms with van der Waals surface area (Å²) >= 11 is 0. The van der Waals surface area contributed by atoms with Gasteiger partial charge in [0.15, 0.2) is 0 Å². The molecule has 1 saturated heterocycles. The first-order valence-electron chi connectivity index (χ1n) is 8.50. The number of hydrogen-bond donors (Lipinski definition) is 1. The standard InChI is InChI=1S/C19H18FN3O3/c20-15-6-2-4-8-17(15)23-16-7-3-1-5-14(16)18(21-23)26-13-9-11-22(12-10-13)19(24)25/h1-8,13H,9-12H2,(H,24,25). The molecule has 0 aliphatic carbocycles. The predicted molar refractivity (Wildman–Crippen MR) is 94.3 cm³/mol. The number of nitrogens with zero attached hydrogens (tertiary/aromatic N) is 3. The van der Waals surface area contributed by atoms with Gasteiger partial charge in [0.1, 0.15) is 17.6 Å². The van der Waals surface area contributed by atoms with E-state index in [9.17, 15) is 9.18 Å². The highest BCUT2D eigenvalue weighted by Crippen LogP contribution is 2.30. The van der Waals surface area contributed by atoms with Gasteiger partial charge in [0, 0.05) is 25.9 Å². The quantitative estimate of drug-likeness (QED) is 0.778. The number of aromatic nitrogens is 2. The number of halogens is 1. The lowest BCUT2D eigenvalue weighted by atomic mass is 10.1. The van der Waals surface area contributed by atoms with Crippen molar-refractivity contribution in [1.82, 2.24) is 14.7 Å². The Labute approximate surface area is 149 Å². The Morgan fingerprint density at radius 1 is 1.12 bits per heavy atom. The van der Waals surface area contributed by atoms with Gasteiger partial charge in [-0.05, 0) is 24.3 Å². The molecule has 0 atom stereocenters. The molecule has 7 heteroatoms. The minimum Gasteiger partial charge on any atom is -0.473 e. The molecular weight excluding hydrogens is 337 g/mol. The Bertz CT molecular complexity index is 948. The number of rotatable bonds is 3. The van der Waals surface area contributed by atoms with Gasteiger partial charge in [-0.3, -0.25) is 0 Å². The van der Waals surface area contributed by atoms with Gasteiger partial charge in [-0.15, -0.1) is 5.10 Å². The van der Waals surface area contributed by atoms with Crippen LogP contribution in [0.5, 0.6) is 5.88 Å². The Kier molecular flexibility index (Phi) is 4.20. The zero-order chi connectivity index (χ0) is 18.1. The molecule has 0 spiro atoms. The molecule has 4 rings (SSSR count). The number of amides is 1. The maximum Gasteiger partial charge on any atom is 0.407 e. The molecule has 26 heavy (non-hydrogen) atoms. The molecule has 6 nitrogen and oxygen atoms in total. The molecule has 0 unspecified atom stereocenters. The van der Waals surface area contributed by atoms with Gasteiger partial charge in [-0.1, -0.05) is 24.3 Å². The molecule has 1 aliphatic heterocycles. The molecule has 1 N–H and O–H groups in total. The van der Waals surface area contributed by atoms with Crippen molar-refractivity contribution in [2.24, 2.45) is 0 Å². The minimum atomic E-state index is -0.905. The van der Waals surface area contributed by atoms with Crippen LogP contribution in [0.4, 0.5) is 9.18 Å². The van der Waals surface area contributed by atoms with Crippen LogP contribution in [-0.2, 0) is 0 Å². The number of hydrogen-bond acceptors (Lipinski definition) is 3. The van der Waals surface area contributed by atoms with Crippen LogP contribution in [0.3, 0.4) is 0 Å². The van der Waals surface area contributed by atoms with E-state index in [1.165, 1.54) is 11.0 Å². The Morgan fingerprint density at radius 3 is 2.54 bits per heavy atom. The second-order valence-corrected chi connectivity index (χ2v) is 6.27. The summed E-state index contributed by atoms with van der Waals surface area (Å²) in [6.07, 6.45) is 0.191. The zero-order valence-electron chi connectivity index (χ0n) is 14.0. The van der Waals surface area contributed by atoms with Gasteiger partial charge < -0.3 is 14.7 Å². The Balaban J connectivity index is 1.65. The van der Waals surface area contributed by atoms with E-state index in [2.05, 4.69) is 5.10 Å². The maximum absolute atomic E-state index is 14.2. The third-order valence-corrected chi connectivity index (χ3v) is 4.62. The summed E-state index contributed by atoms with van der Waals surface area (Å²) < 4.78 is 21.8. The average Bonchev–Trinajstić information content (AvgIpc) is 3.01. The molecule has 1 fully saturated rings. The lowest BCUT2D eigenvalue weighted by molar-refractivity contribution is 0.0876. The summed E-state index contributed by atoms with van der Waals surface area (Å²) in [4.78, 5) is 12.4. The van der Waals surface area contributed by atoms with E-state index in [4.69, 9.17) is 9.84 Å². The van der Waals surface area contributed by atoms with E-state index in [1.54, 1.807) is 22.9 Å². The van der Waals surface area contributed by atoms with E-state index in [0.717, 1.165) is 10.9 Å². The molecule has 2 aromatic carbocycles. The van der Waals surface area contributed by atoms with E-state index < -0.39 is 6.09 Å². The summed E-state index contributed by atoms with van der Waals surface area (Å²) in [6.45, 7) is 0.873. The fraction of sp³-hybridized carbons (Fsp3) is 0.263. The molecule has 134 valence electrons. The molecule has 3 aromatic rings. The predicted octanol–water partition coefficient (Wildman–Crippen LogP) is 3.69. The first-order chi connectivity index (χ1) is 12.6. The summed E-state index contributed by atoms with van der Waals surface area (Å²) in [5, 5.41) is 14.3. The van der Waals surface area contributed by atoms with E-state index in [-0.39, 0.29) is 11.9 Å². The third-order valence-electron chi connectivity index (χ3n) is 4.62. The fourth-order valence-electron chi connectivity index (χ4n) is 3.25. The summed E-state index contributed by atoms with van der Waals surface area (Å²) in [5.41, 5.74) is 1.12. The van der Waals surface area contributed by atoms with Crippen LogP contribution in [0.15, 0.2) is 48.5 Å². The van der Waals surface area contributed by atoms with E-state index in [1.807, 2.05) is 24.3 Å². The summed E-state index contributed by atoms with van der Waals surface area (Å²) in [7, 11) is 0. The minimum absolute atomic E-state index is 0.113. The van der Waals surface area contributed by atoms with Crippen molar-refractivity contribution in [3.05, 3.63) is 54.3 Å². The van der Waals surface area contributed by atoms with Gasteiger partial charge in [-0.25, -0.2) is 13.9 Å². The number of carboxylic acid groups (broad SMARTS) is 1. The number of benzene rings is 2. The van der Waals surface area contributed by atoms with Crippen LogP contribution in [-0.4, -0.2) is 45.1 Å². The highest BCUT2D eigenvalue weighted by atomic mass is 19.1. The Hall–Kier alpha value is -3.09. The number of likely N-dealkylation sites (tertiary alicyclic amines) is 1. The van der Waals surface area contributed by atoms with Crippen LogP contribution in [0.1, 0.15) is 12.8 Å². The van der Waals surface area contributed by atoms with Crippen molar-refractivity contribution in [1.29, 1.82) is 0 Å². The van der Waals surface area contributed by atoms with Crippen LogP contribution in [0.2, 0.25) is 0 Å². The molecule has 0 saturated carbocycles. The second-order valence-electron chi connectivity index (χ2n) is 6.27. The lowest BCUT2D eigenvalue weighted by Crippen LogP contribution is -2.41. The van der Waals surface area contributed by atoms with Crippen molar-refractivity contribution in [3.8, 4) is 11.6 Å². The van der Waals surface area contributed by atoms with Crippen molar-refractivity contribution in [2.75, 3.05) is 13.1 Å². The van der Waals surface area contributed by atoms with Gasteiger partial charge in [0.25, 0.3) is 0 Å². The summed E-state index contributed by atoms with van der Waals surface area (Å²) in [5.74, 6) is 0.0831. The van der Waals surface area contributed by atoms with E-state index >= 15 is 0 Å². The highest BCUT2D eigenvalue weighted by Gasteiger charge is 2.25. The van der Waals surface area contributed by atoms with Gasteiger partial charge in [0.05, 0.1) is 10.9 Å². The second kappa shape index (κ2) is 6.67. The first-order valence-corrected chi connectivity index (χ1v) is 8.50. The third kappa shape index (κ3) is 2.96. The van der Waals surface area contributed by atoms with Gasteiger partial charge in [0.2, 0.25) is 5.88 Å². The Morgan fingerprint density at radius 2 is 1.81 bits per heavy atom. The molecule has 1 amide bonds. The SMILES string of the molecule is O=C(O)N1CCC(Oc2nn(-c3ccccc3F)c3ccccc23)CC1. The average molecular weight is 355 g/mol. The largest absolute Gasteiger partial charge is 0.473 e. The van der Waals surface area contributed by atoms with Crippen LogP contribution < -0.4 is 4.74 Å². The summed E-state index contributed by atoms with van der Waals surface area (Å²) in [6, 6.07) is 14.0. The molecular formula is C19H18FN3O3. The lowest BCUT2D eigenvalue weighted by Gasteiger charge is -2.29. The maximum atomic E-state index is 14.2. The molecule has 0 bridgehead atoms. The normalized spacial score (nSPS) is 15.3. The zero-order valence-corrected chi connectivity index (χ0v) is 14.0. The van der Waals surface area contributed by atoms with Crippen LogP contribution in [0.25, 0.3) is 16.6 Å². The van der Waals surface area contributed by atoms with Crippen molar-refractivity contribution >= 4 is 17.0 Å². The molecule has 2 heterocycles. The number of carbonyl (C=O) groups is 1. The number of ether oxygens (including phenoxy) is 1. The van der Waals surface area contributed by atoms with Gasteiger partial charge >= 0.3 is 6.09 Å². The number of para-hydroxylation sites is 2. The van der Waals surface area contributed by atoms with E-state index in [0.29, 0.717) is 37.5 Å². The van der Waals surface area contributed by atoms with Crippen LogP contribution in [0, 0.1) is 5.82 Å². The van der Waals surface area contributed by atoms with Crippen molar-refractivity contribution in [3.63, 3.8) is 0 Å². The molecule has 0 radical (unpaired) electrons.